The molecule has 3 aromatic rings. The number of benzene rings is 3. The van der Waals surface area contributed by atoms with Crippen LogP contribution < -0.4 is 9.08 Å². The number of nitrogens with zero attached hydrogens (tertiary/aromatic N) is 1. The number of amides is 1. The van der Waals surface area contributed by atoms with Crippen LogP contribution in [0.3, 0.4) is 0 Å². The number of halogens is 2. The summed E-state index contributed by atoms with van der Waals surface area (Å²) in [6, 6.07) is 13.6. The Labute approximate surface area is 173 Å². The van der Waals surface area contributed by atoms with Crippen LogP contribution in [0.2, 0.25) is 0 Å². The molecule has 0 unspecified atom stereocenters. The second kappa shape index (κ2) is 8.23. The third-order valence-electron chi connectivity index (χ3n) is 4.50. The summed E-state index contributed by atoms with van der Waals surface area (Å²) < 4.78 is 58.2. The molecular formula is C22H19F2NO4S. The molecular weight excluding hydrogens is 412 g/mol. The SMILES string of the molecule is Cc1ccc(C)c(S(=O)(=O)Oc2ccc(C(=O)N(C)c3c(F)cccc3F)cc2)c1. The summed E-state index contributed by atoms with van der Waals surface area (Å²) in [5, 5.41) is 0. The molecule has 1 amide bonds. The van der Waals surface area contributed by atoms with E-state index in [1.54, 1.807) is 26.0 Å². The van der Waals surface area contributed by atoms with Crippen molar-refractivity contribution in [1.82, 2.24) is 0 Å². The predicted molar refractivity (Wildman–Crippen MR) is 109 cm³/mol. The number of rotatable bonds is 5. The monoisotopic (exact) mass is 431 g/mol. The first-order valence-corrected chi connectivity index (χ1v) is 10.3. The van der Waals surface area contributed by atoms with Gasteiger partial charge in [-0.05, 0) is 67.4 Å². The van der Waals surface area contributed by atoms with Crippen molar-refractivity contribution in [3.63, 3.8) is 0 Å². The fourth-order valence-electron chi connectivity index (χ4n) is 2.91. The molecule has 0 aromatic heterocycles. The Hall–Kier alpha value is -3.26. The zero-order valence-electron chi connectivity index (χ0n) is 16.5. The zero-order valence-corrected chi connectivity index (χ0v) is 17.3. The van der Waals surface area contributed by atoms with Crippen molar-refractivity contribution in [2.45, 2.75) is 18.7 Å². The van der Waals surface area contributed by atoms with Crippen LogP contribution in [0.5, 0.6) is 5.75 Å². The van der Waals surface area contributed by atoms with Gasteiger partial charge in [0.05, 0.1) is 0 Å². The van der Waals surface area contributed by atoms with Crippen LogP contribution in [0.1, 0.15) is 21.5 Å². The molecule has 8 heteroatoms. The van der Waals surface area contributed by atoms with Crippen LogP contribution in [-0.4, -0.2) is 21.4 Å². The van der Waals surface area contributed by atoms with Gasteiger partial charge in [-0.3, -0.25) is 4.79 Å². The lowest BCUT2D eigenvalue weighted by molar-refractivity contribution is 0.0991. The molecule has 0 spiro atoms. The van der Waals surface area contributed by atoms with Crippen LogP contribution in [0.15, 0.2) is 65.6 Å². The van der Waals surface area contributed by atoms with Crippen molar-refractivity contribution >= 4 is 21.7 Å². The lowest BCUT2D eigenvalue weighted by atomic mass is 10.1. The average molecular weight is 431 g/mol. The summed E-state index contributed by atoms with van der Waals surface area (Å²) in [5.74, 6) is -2.40. The third-order valence-corrected chi connectivity index (χ3v) is 5.89. The molecule has 0 fully saturated rings. The molecule has 3 rings (SSSR count). The highest BCUT2D eigenvalue weighted by molar-refractivity contribution is 7.87. The van der Waals surface area contributed by atoms with Gasteiger partial charge in [-0.15, -0.1) is 0 Å². The van der Waals surface area contributed by atoms with Crippen molar-refractivity contribution in [2.75, 3.05) is 11.9 Å². The van der Waals surface area contributed by atoms with Crippen LogP contribution in [0.25, 0.3) is 0 Å². The van der Waals surface area contributed by atoms with Gasteiger partial charge in [-0.2, -0.15) is 8.42 Å². The molecule has 5 nitrogen and oxygen atoms in total. The molecule has 0 aliphatic heterocycles. The Morgan fingerprint density at radius 3 is 2.13 bits per heavy atom. The van der Waals surface area contributed by atoms with Crippen molar-refractivity contribution < 1.29 is 26.2 Å². The Balaban J connectivity index is 1.83. The Morgan fingerprint density at radius 1 is 0.933 bits per heavy atom. The highest BCUT2D eigenvalue weighted by Crippen LogP contribution is 2.26. The zero-order chi connectivity index (χ0) is 22.1. The predicted octanol–water partition coefficient (Wildman–Crippen LogP) is 4.63. The van der Waals surface area contributed by atoms with Gasteiger partial charge in [-0.25, -0.2) is 8.78 Å². The second-order valence-corrected chi connectivity index (χ2v) is 8.28. The molecule has 0 N–H and O–H groups in total. The van der Waals surface area contributed by atoms with E-state index in [9.17, 15) is 22.0 Å². The fraction of sp³-hybridized carbons (Fsp3) is 0.136. The van der Waals surface area contributed by atoms with Crippen LogP contribution >= 0.6 is 0 Å². The second-order valence-electron chi connectivity index (χ2n) is 6.77. The summed E-state index contributed by atoms with van der Waals surface area (Å²) in [4.78, 5) is 13.5. The molecule has 0 saturated heterocycles. The molecule has 0 saturated carbocycles. The van der Waals surface area contributed by atoms with Crippen molar-refractivity contribution in [2.24, 2.45) is 0 Å². The smallest absolute Gasteiger partial charge is 0.339 e. The number of hydrogen-bond donors (Lipinski definition) is 0. The molecule has 3 aromatic carbocycles. The van der Waals surface area contributed by atoms with E-state index < -0.39 is 33.3 Å². The van der Waals surface area contributed by atoms with Gasteiger partial charge < -0.3 is 9.08 Å². The quantitative estimate of drug-likeness (QED) is 0.553. The number of anilines is 1. The summed E-state index contributed by atoms with van der Waals surface area (Å²) in [6.07, 6.45) is 0. The number of aryl methyl sites for hydroxylation is 2. The number of para-hydroxylation sites is 1. The number of hydrogen-bond acceptors (Lipinski definition) is 4. The molecule has 0 heterocycles. The highest BCUT2D eigenvalue weighted by atomic mass is 32.2. The molecule has 0 aliphatic carbocycles. The van der Waals surface area contributed by atoms with Gasteiger partial charge in [-0.1, -0.05) is 18.2 Å². The number of carbonyl (C=O) groups excluding carboxylic acids is 1. The summed E-state index contributed by atoms with van der Waals surface area (Å²) in [6.45, 7) is 3.43. The maximum atomic E-state index is 13.9. The minimum absolute atomic E-state index is 0.00665. The van der Waals surface area contributed by atoms with Crippen molar-refractivity contribution in [1.29, 1.82) is 0 Å². The van der Waals surface area contributed by atoms with E-state index in [1.807, 2.05) is 0 Å². The van der Waals surface area contributed by atoms with Gasteiger partial charge in [0.1, 0.15) is 28.0 Å². The van der Waals surface area contributed by atoms with Crippen LogP contribution in [0, 0.1) is 25.5 Å². The fourth-order valence-corrected chi connectivity index (χ4v) is 4.15. The summed E-state index contributed by atoms with van der Waals surface area (Å²) >= 11 is 0. The highest BCUT2D eigenvalue weighted by Gasteiger charge is 2.22. The van der Waals surface area contributed by atoms with Gasteiger partial charge in [0, 0.05) is 12.6 Å². The molecule has 30 heavy (non-hydrogen) atoms. The summed E-state index contributed by atoms with van der Waals surface area (Å²) in [5.41, 5.74) is 0.949. The van der Waals surface area contributed by atoms with E-state index in [2.05, 4.69) is 0 Å². The van der Waals surface area contributed by atoms with E-state index >= 15 is 0 Å². The van der Waals surface area contributed by atoms with Gasteiger partial charge in [0.25, 0.3) is 5.91 Å². The first-order chi connectivity index (χ1) is 14.1. The van der Waals surface area contributed by atoms with Gasteiger partial charge >= 0.3 is 10.1 Å². The normalized spacial score (nSPS) is 11.2. The lowest BCUT2D eigenvalue weighted by Gasteiger charge is -2.19. The first-order valence-electron chi connectivity index (χ1n) is 8.94. The minimum Gasteiger partial charge on any atom is -0.379 e. The molecule has 0 bridgehead atoms. The topological polar surface area (TPSA) is 63.7 Å². The molecule has 0 atom stereocenters. The Bertz CT molecular complexity index is 1190. The third kappa shape index (κ3) is 4.33. The van der Waals surface area contributed by atoms with E-state index in [0.29, 0.717) is 5.56 Å². The molecule has 0 radical (unpaired) electrons. The average Bonchev–Trinajstić information content (AvgIpc) is 2.69. The van der Waals surface area contributed by atoms with E-state index in [1.165, 1.54) is 43.4 Å². The van der Waals surface area contributed by atoms with Crippen molar-refractivity contribution in [3.8, 4) is 5.75 Å². The minimum atomic E-state index is -4.06. The van der Waals surface area contributed by atoms with Gasteiger partial charge in [0.15, 0.2) is 0 Å². The maximum absolute atomic E-state index is 13.9. The first kappa shape index (κ1) is 21.4. The van der Waals surface area contributed by atoms with E-state index in [0.717, 1.165) is 22.6 Å². The largest absolute Gasteiger partial charge is 0.379 e. The van der Waals surface area contributed by atoms with E-state index in [4.69, 9.17) is 4.18 Å². The number of carbonyl (C=O) groups is 1. The van der Waals surface area contributed by atoms with Crippen molar-refractivity contribution in [3.05, 3.63) is 89.0 Å². The van der Waals surface area contributed by atoms with Crippen LogP contribution in [0.4, 0.5) is 14.5 Å². The maximum Gasteiger partial charge on any atom is 0.339 e. The molecule has 0 aliphatic rings. The van der Waals surface area contributed by atoms with Crippen LogP contribution in [-0.2, 0) is 10.1 Å². The standard InChI is InChI=1S/C22H19F2NO4S/c1-14-7-8-15(2)20(13-14)30(27,28)29-17-11-9-16(10-12-17)22(26)25(3)21-18(23)5-4-6-19(21)24/h4-13H,1-3H3. The Kier molecular flexibility index (Phi) is 5.89. The lowest BCUT2D eigenvalue weighted by Crippen LogP contribution is -2.28. The Morgan fingerprint density at radius 2 is 1.53 bits per heavy atom. The van der Waals surface area contributed by atoms with Gasteiger partial charge in [0.2, 0.25) is 0 Å². The molecule has 156 valence electrons. The van der Waals surface area contributed by atoms with E-state index in [-0.39, 0.29) is 16.2 Å². The summed E-state index contributed by atoms with van der Waals surface area (Å²) in [7, 11) is -2.82.